The van der Waals surface area contributed by atoms with Crippen molar-refractivity contribution < 1.29 is 9.18 Å². The number of rotatable bonds is 5. The van der Waals surface area contributed by atoms with Crippen molar-refractivity contribution in [3.8, 4) is 0 Å². The number of carbonyl (C=O) groups is 1. The molecule has 2 rings (SSSR count). The van der Waals surface area contributed by atoms with Gasteiger partial charge in [0.2, 0.25) is 5.91 Å². The van der Waals surface area contributed by atoms with Crippen molar-refractivity contribution in [2.75, 3.05) is 44.7 Å². The highest BCUT2D eigenvalue weighted by atomic mass is 19.1. The summed E-state index contributed by atoms with van der Waals surface area (Å²) in [6, 6.07) is 6.47. The molecule has 1 saturated heterocycles. The van der Waals surface area contributed by atoms with Gasteiger partial charge in [-0.1, -0.05) is 0 Å². The molecule has 0 spiro atoms. The molecule has 0 bridgehead atoms. The second-order valence-electron chi connectivity index (χ2n) is 6.21. The molecule has 128 valence electrons. The van der Waals surface area contributed by atoms with Crippen LogP contribution in [0.3, 0.4) is 0 Å². The van der Waals surface area contributed by atoms with Gasteiger partial charge in [-0.05, 0) is 38.1 Å². The van der Waals surface area contributed by atoms with Gasteiger partial charge in [0, 0.05) is 51.5 Å². The van der Waals surface area contributed by atoms with Crippen LogP contribution in [0.5, 0.6) is 0 Å². The third-order valence-corrected chi connectivity index (χ3v) is 4.76. The maximum atomic E-state index is 13.0. The molecule has 1 heterocycles. The molecule has 1 aromatic carbocycles. The highest BCUT2D eigenvalue weighted by Crippen LogP contribution is 2.18. The van der Waals surface area contributed by atoms with E-state index in [0.717, 1.165) is 31.9 Å². The molecule has 0 aliphatic carbocycles. The zero-order valence-electron chi connectivity index (χ0n) is 14.2. The number of nitrogens with zero attached hydrogens (tertiary/aromatic N) is 3. The highest BCUT2D eigenvalue weighted by molar-refractivity contribution is 5.81. The van der Waals surface area contributed by atoms with Crippen molar-refractivity contribution in [2.24, 2.45) is 5.73 Å². The summed E-state index contributed by atoms with van der Waals surface area (Å²) in [6.45, 7) is 7.67. The van der Waals surface area contributed by atoms with Crippen LogP contribution in [0.4, 0.5) is 10.1 Å². The second-order valence-corrected chi connectivity index (χ2v) is 6.21. The number of amides is 1. The van der Waals surface area contributed by atoms with E-state index in [4.69, 9.17) is 5.73 Å². The van der Waals surface area contributed by atoms with Gasteiger partial charge in [-0.3, -0.25) is 9.69 Å². The molecule has 2 atom stereocenters. The Morgan fingerprint density at radius 1 is 1.22 bits per heavy atom. The molecule has 5 nitrogen and oxygen atoms in total. The number of benzene rings is 1. The van der Waals surface area contributed by atoms with Crippen LogP contribution in [0.2, 0.25) is 0 Å². The van der Waals surface area contributed by atoms with E-state index in [-0.39, 0.29) is 23.8 Å². The fraction of sp³-hybridized carbons (Fsp3) is 0.588. The van der Waals surface area contributed by atoms with Crippen molar-refractivity contribution in [3.05, 3.63) is 30.1 Å². The zero-order chi connectivity index (χ0) is 17.0. The van der Waals surface area contributed by atoms with E-state index in [1.807, 2.05) is 20.9 Å². The maximum absolute atomic E-state index is 13.0. The van der Waals surface area contributed by atoms with Crippen molar-refractivity contribution in [2.45, 2.75) is 25.9 Å². The van der Waals surface area contributed by atoms with Crippen molar-refractivity contribution >= 4 is 11.6 Å². The molecular formula is C17H27FN4O. The first-order chi connectivity index (χ1) is 10.9. The first-order valence-electron chi connectivity index (χ1n) is 8.15. The van der Waals surface area contributed by atoms with E-state index in [1.54, 1.807) is 17.0 Å². The third kappa shape index (κ3) is 4.20. The quantitative estimate of drug-likeness (QED) is 0.883. The molecule has 0 saturated carbocycles. The summed E-state index contributed by atoms with van der Waals surface area (Å²) < 4.78 is 13.0. The van der Waals surface area contributed by atoms with E-state index in [0.29, 0.717) is 6.54 Å². The number of hydrogen-bond acceptors (Lipinski definition) is 4. The summed E-state index contributed by atoms with van der Waals surface area (Å²) in [5, 5.41) is 0. The number of nitrogens with two attached hydrogens (primary N) is 1. The minimum absolute atomic E-state index is 0.0467. The monoisotopic (exact) mass is 322 g/mol. The minimum atomic E-state index is -0.219. The first kappa shape index (κ1) is 17.7. The number of hydrogen-bond donors (Lipinski definition) is 1. The van der Waals surface area contributed by atoms with Crippen LogP contribution < -0.4 is 10.6 Å². The standard InChI is InChI=1S/C17H27FN4O/c1-13(12-19)20(3)17(23)14(2)21-8-10-22(11-9-21)16-6-4-15(18)5-7-16/h4-7,13-14H,8-12,19H2,1-3H3. The van der Waals surface area contributed by atoms with Gasteiger partial charge in [0.15, 0.2) is 0 Å². The topological polar surface area (TPSA) is 52.8 Å². The Bertz CT molecular complexity index is 514. The lowest BCUT2D eigenvalue weighted by Crippen LogP contribution is -2.55. The normalized spacial score (nSPS) is 18.6. The number of carbonyl (C=O) groups excluding carboxylic acids is 1. The predicted molar refractivity (Wildman–Crippen MR) is 90.9 cm³/mol. The second kappa shape index (κ2) is 7.75. The third-order valence-electron chi connectivity index (χ3n) is 4.76. The average molecular weight is 322 g/mol. The fourth-order valence-corrected chi connectivity index (χ4v) is 2.85. The Balaban J connectivity index is 1.90. The lowest BCUT2D eigenvalue weighted by Gasteiger charge is -2.40. The molecule has 1 aromatic rings. The van der Waals surface area contributed by atoms with Gasteiger partial charge in [0.25, 0.3) is 0 Å². The Kier molecular flexibility index (Phi) is 5.96. The highest BCUT2D eigenvalue weighted by Gasteiger charge is 2.28. The van der Waals surface area contributed by atoms with Crippen molar-refractivity contribution in [3.63, 3.8) is 0 Å². The molecule has 2 N–H and O–H groups in total. The van der Waals surface area contributed by atoms with Crippen LogP contribution >= 0.6 is 0 Å². The number of piperazine rings is 1. The van der Waals surface area contributed by atoms with Gasteiger partial charge in [-0.15, -0.1) is 0 Å². The van der Waals surface area contributed by atoms with E-state index in [1.165, 1.54) is 12.1 Å². The SMILES string of the molecule is CC(C(=O)N(C)C(C)CN)N1CCN(c2ccc(F)cc2)CC1. The molecule has 6 heteroatoms. The van der Waals surface area contributed by atoms with Gasteiger partial charge in [0.05, 0.1) is 6.04 Å². The van der Waals surface area contributed by atoms with Crippen molar-refractivity contribution in [1.82, 2.24) is 9.80 Å². The van der Waals surface area contributed by atoms with E-state index >= 15 is 0 Å². The van der Waals surface area contributed by atoms with E-state index in [9.17, 15) is 9.18 Å². The minimum Gasteiger partial charge on any atom is -0.369 e. The predicted octanol–water partition coefficient (Wildman–Crippen LogP) is 1.14. The Morgan fingerprint density at radius 3 is 2.30 bits per heavy atom. The van der Waals surface area contributed by atoms with Crippen LogP contribution in [0, 0.1) is 5.82 Å². The Labute approximate surface area is 137 Å². The molecule has 0 radical (unpaired) electrons. The Hall–Kier alpha value is -1.66. The lowest BCUT2D eigenvalue weighted by molar-refractivity contribution is -0.136. The number of halogens is 1. The number of likely N-dealkylation sites (N-methyl/N-ethyl adjacent to an activating group) is 1. The summed E-state index contributed by atoms with van der Waals surface area (Å²) >= 11 is 0. The molecule has 1 amide bonds. The van der Waals surface area contributed by atoms with E-state index in [2.05, 4.69) is 9.80 Å². The summed E-state index contributed by atoms with van der Waals surface area (Å²) in [7, 11) is 1.81. The molecule has 2 unspecified atom stereocenters. The van der Waals surface area contributed by atoms with Crippen LogP contribution in [0.15, 0.2) is 24.3 Å². The average Bonchev–Trinajstić information content (AvgIpc) is 2.60. The molecule has 0 aromatic heterocycles. The van der Waals surface area contributed by atoms with Gasteiger partial charge < -0.3 is 15.5 Å². The van der Waals surface area contributed by atoms with Gasteiger partial charge in [0.1, 0.15) is 5.82 Å². The zero-order valence-corrected chi connectivity index (χ0v) is 14.2. The Morgan fingerprint density at radius 2 is 1.78 bits per heavy atom. The van der Waals surface area contributed by atoms with Gasteiger partial charge in [-0.25, -0.2) is 4.39 Å². The molecule has 1 fully saturated rings. The molecule has 23 heavy (non-hydrogen) atoms. The van der Waals surface area contributed by atoms with Gasteiger partial charge >= 0.3 is 0 Å². The first-order valence-corrected chi connectivity index (χ1v) is 8.15. The van der Waals surface area contributed by atoms with Gasteiger partial charge in [-0.2, -0.15) is 0 Å². The van der Waals surface area contributed by atoms with Crippen LogP contribution in [0.25, 0.3) is 0 Å². The van der Waals surface area contributed by atoms with Crippen molar-refractivity contribution in [1.29, 1.82) is 0 Å². The summed E-state index contributed by atoms with van der Waals surface area (Å²) in [6.07, 6.45) is 0. The van der Waals surface area contributed by atoms with Crippen LogP contribution in [-0.4, -0.2) is 67.6 Å². The largest absolute Gasteiger partial charge is 0.369 e. The smallest absolute Gasteiger partial charge is 0.239 e. The maximum Gasteiger partial charge on any atom is 0.239 e. The fourth-order valence-electron chi connectivity index (χ4n) is 2.85. The van der Waals surface area contributed by atoms with Crippen LogP contribution in [0.1, 0.15) is 13.8 Å². The summed E-state index contributed by atoms with van der Waals surface area (Å²) in [5.74, 6) is -0.109. The number of anilines is 1. The molecular weight excluding hydrogens is 295 g/mol. The van der Waals surface area contributed by atoms with E-state index < -0.39 is 0 Å². The summed E-state index contributed by atoms with van der Waals surface area (Å²) in [4.78, 5) is 18.7. The van der Waals surface area contributed by atoms with Crippen LogP contribution in [-0.2, 0) is 4.79 Å². The summed E-state index contributed by atoms with van der Waals surface area (Å²) in [5.41, 5.74) is 6.67. The lowest BCUT2D eigenvalue weighted by atomic mass is 10.1. The molecule has 1 aliphatic heterocycles. The molecule has 1 aliphatic rings.